The lowest BCUT2D eigenvalue weighted by atomic mass is 10.1. The molecule has 0 spiro atoms. The van der Waals surface area contributed by atoms with E-state index in [9.17, 15) is 0 Å². The molecule has 4 heteroatoms. The van der Waals surface area contributed by atoms with E-state index in [0.29, 0.717) is 0 Å². The van der Waals surface area contributed by atoms with E-state index in [2.05, 4.69) is 65.4 Å². The van der Waals surface area contributed by atoms with Gasteiger partial charge in [-0.2, -0.15) is 0 Å². The number of likely N-dealkylation sites (N-methyl/N-ethyl adjacent to an activating group) is 1. The van der Waals surface area contributed by atoms with Gasteiger partial charge in [0, 0.05) is 17.6 Å². The average Bonchev–Trinajstić information content (AvgIpc) is 2.90. The molecule has 0 amide bonds. The predicted molar refractivity (Wildman–Crippen MR) is 85.7 cm³/mol. The first-order valence-electron chi connectivity index (χ1n) is 6.73. The van der Waals surface area contributed by atoms with Crippen LogP contribution in [0, 0.1) is 6.92 Å². The molecule has 1 N–H and O–H groups in total. The molecule has 1 heterocycles. The molecule has 0 radical (unpaired) electrons. The summed E-state index contributed by atoms with van der Waals surface area (Å²) < 4.78 is 6.67. The molecule has 1 aromatic carbocycles. The third-order valence-electron chi connectivity index (χ3n) is 3.36. The molecule has 1 atom stereocenters. The zero-order valence-electron chi connectivity index (χ0n) is 12.2. The summed E-state index contributed by atoms with van der Waals surface area (Å²) in [5, 5.41) is 3.50. The van der Waals surface area contributed by atoms with E-state index >= 15 is 0 Å². The molecule has 1 unspecified atom stereocenters. The van der Waals surface area contributed by atoms with Crippen LogP contribution in [0.25, 0.3) is 0 Å². The standard InChI is InChI=1S/C16H21BrN2O/c1-12-6-7-13(14(17)9-12)10-18-11-15(19(2)3)16-5-4-8-20-16/h4-9,15,18H,10-11H2,1-3H3. The lowest BCUT2D eigenvalue weighted by Gasteiger charge is -2.22. The molecule has 20 heavy (non-hydrogen) atoms. The lowest BCUT2D eigenvalue weighted by molar-refractivity contribution is 0.250. The number of rotatable bonds is 6. The zero-order valence-corrected chi connectivity index (χ0v) is 13.8. The van der Waals surface area contributed by atoms with E-state index < -0.39 is 0 Å². The highest BCUT2D eigenvalue weighted by molar-refractivity contribution is 9.10. The fourth-order valence-electron chi connectivity index (χ4n) is 2.16. The van der Waals surface area contributed by atoms with Gasteiger partial charge in [-0.15, -0.1) is 0 Å². The van der Waals surface area contributed by atoms with E-state index in [-0.39, 0.29) is 6.04 Å². The van der Waals surface area contributed by atoms with E-state index in [1.165, 1.54) is 11.1 Å². The molecule has 2 aromatic rings. The maximum Gasteiger partial charge on any atom is 0.122 e. The van der Waals surface area contributed by atoms with E-state index in [1.54, 1.807) is 6.26 Å². The molecule has 2 rings (SSSR count). The number of halogens is 1. The van der Waals surface area contributed by atoms with Crippen molar-refractivity contribution in [2.24, 2.45) is 0 Å². The van der Waals surface area contributed by atoms with Crippen LogP contribution in [0.15, 0.2) is 45.5 Å². The van der Waals surface area contributed by atoms with Gasteiger partial charge in [0.05, 0.1) is 12.3 Å². The first-order chi connectivity index (χ1) is 9.58. The number of hydrogen-bond donors (Lipinski definition) is 1. The van der Waals surface area contributed by atoms with Crippen LogP contribution in [0.3, 0.4) is 0 Å². The van der Waals surface area contributed by atoms with Crippen LogP contribution in [0.2, 0.25) is 0 Å². The lowest BCUT2D eigenvalue weighted by Crippen LogP contribution is -2.30. The summed E-state index contributed by atoms with van der Waals surface area (Å²) in [4.78, 5) is 2.16. The second kappa shape index (κ2) is 7.07. The Kier molecular flexibility index (Phi) is 5.40. The molecule has 1 aromatic heterocycles. The van der Waals surface area contributed by atoms with Crippen molar-refractivity contribution in [2.45, 2.75) is 19.5 Å². The largest absolute Gasteiger partial charge is 0.468 e. The Balaban J connectivity index is 1.94. The predicted octanol–water partition coefficient (Wildman–Crippen LogP) is 3.74. The molecule has 0 aliphatic rings. The first kappa shape index (κ1) is 15.3. The summed E-state index contributed by atoms with van der Waals surface area (Å²) in [6.45, 7) is 3.79. The van der Waals surface area contributed by atoms with Gasteiger partial charge in [-0.1, -0.05) is 28.1 Å². The fourth-order valence-corrected chi connectivity index (χ4v) is 2.79. The van der Waals surface area contributed by atoms with E-state index in [0.717, 1.165) is 23.3 Å². The number of nitrogens with zero attached hydrogens (tertiary/aromatic N) is 1. The Bertz CT molecular complexity index is 537. The summed E-state index contributed by atoms with van der Waals surface area (Å²) in [5.74, 6) is 0.991. The summed E-state index contributed by atoms with van der Waals surface area (Å²) in [7, 11) is 4.13. The number of aryl methyl sites for hydroxylation is 1. The van der Waals surface area contributed by atoms with Gasteiger partial charge >= 0.3 is 0 Å². The Morgan fingerprint density at radius 2 is 2.10 bits per heavy atom. The molecular weight excluding hydrogens is 316 g/mol. The number of benzene rings is 1. The molecule has 3 nitrogen and oxygen atoms in total. The van der Waals surface area contributed by atoms with Gasteiger partial charge in [-0.25, -0.2) is 0 Å². The number of nitrogens with one attached hydrogen (secondary N) is 1. The monoisotopic (exact) mass is 336 g/mol. The van der Waals surface area contributed by atoms with Crippen LogP contribution in [-0.2, 0) is 6.54 Å². The molecule has 108 valence electrons. The Morgan fingerprint density at radius 3 is 2.70 bits per heavy atom. The summed E-state index contributed by atoms with van der Waals surface area (Å²) in [6.07, 6.45) is 1.72. The summed E-state index contributed by atoms with van der Waals surface area (Å²) >= 11 is 3.61. The van der Waals surface area contributed by atoms with E-state index in [1.807, 2.05) is 12.1 Å². The Hall–Kier alpha value is -1.10. The van der Waals surface area contributed by atoms with Crippen molar-refractivity contribution < 1.29 is 4.42 Å². The summed E-state index contributed by atoms with van der Waals surface area (Å²) in [5.41, 5.74) is 2.54. The highest BCUT2D eigenvalue weighted by Gasteiger charge is 2.16. The van der Waals surface area contributed by atoms with Crippen LogP contribution < -0.4 is 5.32 Å². The van der Waals surface area contributed by atoms with E-state index in [4.69, 9.17) is 4.42 Å². The molecule has 0 saturated carbocycles. The quantitative estimate of drug-likeness (QED) is 0.870. The maximum absolute atomic E-state index is 5.51. The molecule has 0 fully saturated rings. The maximum atomic E-state index is 5.51. The minimum atomic E-state index is 0.245. The van der Waals surface area contributed by atoms with Crippen molar-refractivity contribution in [3.05, 3.63) is 58.0 Å². The van der Waals surface area contributed by atoms with Crippen molar-refractivity contribution >= 4 is 15.9 Å². The van der Waals surface area contributed by atoms with Crippen molar-refractivity contribution in [3.63, 3.8) is 0 Å². The minimum Gasteiger partial charge on any atom is -0.468 e. The van der Waals surface area contributed by atoms with Crippen molar-refractivity contribution in [1.29, 1.82) is 0 Å². The van der Waals surface area contributed by atoms with Gasteiger partial charge in [0.1, 0.15) is 5.76 Å². The fraction of sp³-hybridized carbons (Fsp3) is 0.375. The van der Waals surface area contributed by atoms with Crippen LogP contribution >= 0.6 is 15.9 Å². The van der Waals surface area contributed by atoms with Crippen LogP contribution in [0.5, 0.6) is 0 Å². The minimum absolute atomic E-state index is 0.245. The van der Waals surface area contributed by atoms with Crippen molar-refractivity contribution in [3.8, 4) is 0 Å². The van der Waals surface area contributed by atoms with Crippen LogP contribution in [-0.4, -0.2) is 25.5 Å². The van der Waals surface area contributed by atoms with Crippen LogP contribution in [0.1, 0.15) is 22.9 Å². The topological polar surface area (TPSA) is 28.4 Å². The van der Waals surface area contributed by atoms with Gasteiger partial charge < -0.3 is 9.73 Å². The zero-order chi connectivity index (χ0) is 14.5. The number of hydrogen-bond acceptors (Lipinski definition) is 3. The highest BCUT2D eigenvalue weighted by Crippen LogP contribution is 2.20. The molecule has 0 bridgehead atoms. The smallest absolute Gasteiger partial charge is 0.122 e. The van der Waals surface area contributed by atoms with Crippen molar-refractivity contribution in [2.75, 3.05) is 20.6 Å². The van der Waals surface area contributed by atoms with Crippen molar-refractivity contribution in [1.82, 2.24) is 10.2 Å². The third kappa shape index (κ3) is 3.95. The third-order valence-corrected chi connectivity index (χ3v) is 4.09. The molecule has 0 aliphatic heterocycles. The SMILES string of the molecule is Cc1ccc(CNCC(c2ccco2)N(C)C)c(Br)c1. The second-order valence-electron chi connectivity index (χ2n) is 5.22. The van der Waals surface area contributed by atoms with Gasteiger partial charge in [0.15, 0.2) is 0 Å². The molecular formula is C16H21BrN2O. The second-order valence-corrected chi connectivity index (χ2v) is 6.07. The Morgan fingerprint density at radius 1 is 1.30 bits per heavy atom. The average molecular weight is 337 g/mol. The van der Waals surface area contributed by atoms with Gasteiger partial charge in [-0.05, 0) is 50.3 Å². The van der Waals surface area contributed by atoms with Gasteiger partial charge in [0.2, 0.25) is 0 Å². The van der Waals surface area contributed by atoms with Crippen LogP contribution in [0.4, 0.5) is 0 Å². The van der Waals surface area contributed by atoms with Gasteiger partial charge in [0.25, 0.3) is 0 Å². The number of furan rings is 1. The Labute approximate surface area is 129 Å². The van der Waals surface area contributed by atoms with Gasteiger partial charge in [-0.3, -0.25) is 4.90 Å². The summed E-state index contributed by atoms with van der Waals surface area (Å²) in [6, 6.07) is 10.6. The molecule has 0 saturated heterocycles. The normalized spacial score (nSPS) is 12.8. The first-order valence-corrected chi connectivity index (χ1v) is 7.53. The molecule has 0 aliphatic carbocycles. The highest BCUT2D eigenvalue weighted by atomic mass is 79.9.